The first-order valence-corrected chi connectivity index (χ1v) is 8.50. The number of imidazole rings is 1. The summed E-state index contributed by atoms with van der Waals surface area (Å²) in [5, 5.41) is 13.8. The molecule has 0 spiro atoms. The number of carbonyl (C=O) groups is 1. The van der Waals surface area contributed by atoms with E-state index in [9.17, 15) is 9.90 Å². The topological polar surface area (TPSA) is 67.2 Å². The number of nitrogens with zero attached hydrogens (tertiary/aromatic N) is 2. The van der Waals surface area contributed by atoms with Gasteiger partial charge in [0, 0.05) is 36.3 Å². The smallest absolute Gasteiger partial charge is 0.222 e. The first-order valence-electron chi connectivity index (χ1n) is 8.12. The van der Waals surface area contributed by atoms with Crippen molar-refractivity contribution >= 4 is 17.5 Å². The number of halogens is 1. The molecule has 0 saturated carbocycles. The molecule has 24 heavy (non-hydrogen) atoms. The second kappa shape index (κ2) is 8.31. The maximum atomic E-state index is 12.1. The van der Waals surface area contributed by atoms with Gasteiger partial charge in [0.05, 0.1) is 12.1 Å². The highest BCUT2D eigenvalue weighted by Gasteiger charge is 2.18. The second-order valence-corrected chi connectivity index (χ2v) is 6.67. The van der Waals surface area contributed by atoms with Crippen LogP contribution in [-0.2, 0) is 11.3 Å². The van der Waals surface area contributed by atoms with Crippen molar-refractivity contribution in [1.29, 1.82) is 0 Å². The Kier molecular flexibility index (Phi) is 6.40. The summed E-state index contributed by atoms with van der Waals surface area (Å²) in [5.74, 6) is 1.18. The second-order valence-electron chi connectivity index (χ2n) is 6.24. The van der Waals surface area contributed by atoms with Crippen molar-refractivity contribution in [1.82, 2.24) is 14.9 Å². The van der Waals surface area contributed by atoms with E-state index >= 15 is 0 Å². The van der Waals surface area contributed by atoms with Crippen LogP contribution < -0.4 is 5.32 Å². The number of aliphatic hydroxyl groups is 1. The SMILES string of the molecule is CC(C)c1nccn1CCC(=O)NC(C)C(O)c1ccc(Cl)cc1. The summed E-state index contributed by atoms with van der Waals surface area (Å²) in [6.07, 6.45) is 3.20. The Morgan fingerprint density at radius 2 is 1.96 bits per heavy atom. The third kappa shape index (κ3) is 4.82. The average molecular weight is 350 g/mol. The fourth-order valence-electron chi connectivity index (χ4n) is 2.59. The van der Waals surface area contributed by atoms with Gasteiger partial charge in [0.1, 0.15) is 5.82 Å². The minimum atomic E-state index is -0.773. The lowest BCUT2D eigenvalue weighted by Crippen LogP contribution is -2.37. The molecule has 0 saturated heterocycles. The summed E-state index contributed by atoms with van der Waals surface area (Å²) >= 11 is 5.85. The quantitative estimate of drug-likeness (QED) is 0.806. The van der Waals surface area contributed by atoms with Crippen molar-refractivity contribution in [2.24, 2.45) is 0 Å². The number of aliphatic hydroxyl groups excluding tert-OH is 1. The predicted molar refractivity (Wildman–Crippen MR) is 94.9 cm³/mol. The molecule has 2 atom stereocenters. The Bertz CT molecular complexity index is 667. The molecule has 1 amide bonds. The molecule has 1 heterocycles. The summed E-state index contributed by atoms with van der Waals surface area (Å²) < 4.78 is 1.99. The van der Waals surface area contributed by atoms with E-state index in [1.807, 2.05) is 10.8 Å². The third-order valence-corrected chi connectivity index (χ3v) is 4.17. The molecule has 130 valence electrons. The number of carbonyl (C=O) groups excluding carboxylic acids is 1. The number of amides is 1. The Balaban J connectivity index is 1.87. The highest BCUT2D eigenvalue weighted by Crippen LogP contribution is 2.19. The Morgan fingerprint density at radius 3 is 2.58 bits per heavy atom. The summed E-state index contributed by atoms with van der Waals surface area (Å²) in [6, 6.07) is 6.58. The number of aromatic nitrogens is 2. The van der Waals surface area contributed by atoms with Crippen LogP contribution in [0.1, 0.15) is 50.6 Å². The molecule has 0 fully saturated rings. The zero-order chi connectivity index (χ0) is 17.7. The van der Waals surface area contributed by atoms with Crippen LogP contribution >= 0.6 is 11.6 Å². The summed E-state index contributed by atoms with van der Waals surface area (Å²) in [4.78, 5) is 16.5. The van der Waals surface area contributed by atoms with Crippen LogP contribution in [-0.4, -0.2) is 26.6 Å². The van der Waals surface area contributed by atoms with Crippen molar-refractivity contribution in [3.63, 3.8) is 0 Å². The van der Waals surface area contributed by atoms with Crippen LogP contribution in [0.5, 0.6) is 0 Å². The number of nitrogens with one attached hydrogen (secondary N) is 1. The zero-order valence-electron chi connectivity index (χ0n) is 14.2. The molecule has 2 aromatic rings. The number of aryl methyl sites for hydroxylation is 1. The van der Waals surface area contributed by atoms with Crippen molar-refractivity contribution in [2.45, 2.75) is 51.8 Å². The summed E-state index contributed by atoms with van der Waals surface area (Å²) in [6.45, 7) is 6.50. The zero-order valence-corrected chi connectivity index (χ0v) is 15.0. The van der Waals surface area contributed by atoms with Gasteiger partial charge >= 0.3 is 0 Å². The monoisotopic (exact) mass is 349 g/mol. The van der Waals surface area contributed by atoms with Crippen molar-refractivity contribution in [3.8, 4) is 0 Å². The van der Waals surface area contributed by atoms with Gasteiger partial charge < -0.3 is 15.0 Å². The van der Waals surface area contributed by atoms with Crippen molar-refractivity contribution < 1.29 is 9.90 Å². The summed E-state index contributed by atoms with van der Waals surface area (Å²) in [7, 11) is 0. The van der Waals surface area contributed by atoms with Gasteiger partial charge in [-0.15, -0.1) is 0 Å². The van der Waals surface area contributed by atoms with E-state index < -0.39 is 6.10 Å². The molecule has 1 aromatic carbocycles. The lowest BCUT2D eigenvalue weighted by atomic mass is 10.0. The number of benzene rings is 1. The maximum absolute atomic E-state index is 12.1. The molecular weight excluding hydrogens is 326 g/mol. The molecule has 0 aliphatic rings. The molecule has 0 aliphatic carbocycles. The number of hydrogen-bond acceptors (Lipinski definition) is 3. The molecule has 0 aliphatic heterocycles. The highest BCUT2D eigenvalue weighted by molar-refractivity contribution is 6.30. The molecule has 2 N–H and O–H groups in total. The average Bonchev–Trinajstić information content (AvgIpc) is 3.01. The first-order chi connectivity index (χ1) is 11.4. The van der Waals surface area contributed by atoms with Gasteiger partial charge in [-0.1, -0.05) is 37.6 Å². The number of hydrogen-bond donors (Lipinski definition) is 2. The van der Waals surface area contributed by atoms with E-state index in [2.05, 4.69) is 24.1 Å². The van der Waals surface area contributed by atoms with Crippen LogP contribution in [0, 0.1) is 0 Å². The Morgan fingerprint density at radius 1 is 1.29 bits per heavy atom. The fraction of sp³-hybridized carbons (Fsp3) is 0.444. The van der Waals surface area contributed by atoms with E-state index in [1.165, 1.54) is 0 Å². The normalized spacial score (nSPS) is 13.8. The van der Waals surface area contributed by atoms with Gasteiger partial charge in [0.25, 0.3) is 0 Å². The van der Waals surface area contributed by atoms with E-state index in [1.54, 1.807) is 37.4 Å². The molecule has 2 unspecified atom stereocenters. The van der Waals surface area contributed by atoms with Crippen molar-refractivity contribution in [3.05, 3.63) is 53.1 Å². The standard InChI is InChI=1S/C18H24ClN3O2/c1-12(2)18-20-9-11-22(18)10-8-16(23)21-13(3)17(24)14-4-6-15(19)7-5-14/h4-7,9,11-13,17,24H,8,10H2,1-3H3,(H,21,23). The van der Waals surface area contributed by atoms with Gasteiger partial charge in [-0.05, 0) is 24.6 Å². The van der Waals surface area contributed by atoms with E-state index in [-0.39, 0.29) is 11.9 Å². The van der Waals surface area contributed by atoms with Crippen LogP contribution in [0.4, 0.5) is 0 Å². The lowest BCUT2D eigenvalue weighted by Gasteiger charge is -2.21. The highest BCUT2D eigenvalue weighted by atomic mass is 35.5. The van der Waals surface area contributed by atoms with E-state index in [0.29, 0.717) is 23.9 Å². The first kappa shape index (κ1) is 18.5. The van der Waals surface area contributed by atoms with Crippen LogP contribution in [0.15, 0.2) is 36.7 Å². The van der Waals surface area contributed by atoms with Gasteiger partial charge in [0.2, 0.25) is 5.91 Å². The summed E-state index contributed by atoms with van der Waals surface area (Å²) in [5.41, 5.74) is 0.726. The minimum Gasteiger partial charge on any atom is -0.386 e. The minimum absolute atomic E-state index is 0.0982. The van der Waals surface area contributed by atoms with E-state index in [0.717, 1.165) is 11.4 Å². The van der Waals surface area contributed by atoms with Gasteiger partial charge in [-0.3, -0.25) is 4.79 Å². The van der Waals surface area contributed by atoms with Gasteiger partial charge in [-0.2, -0.15) is 0 Å². The molecule has 6 heteroatoms. The molecular formula is C18H24ClN3O2. The molecule has 0 bridgehead atoms. The van der Waals surface area contributed by atoms with Crippen LogP contribution in [0.25, 0.3) is 0 Å². The predicted octanol–water partition coefficient (Wildman–Crippen LogP) is 3.29. The van der Waals surface area contributed by atoms with Gasteiger partial charge in [-0.25, -0.2) is 4.98 Å². The van der Waals surface area contributed by atoms with Gasteiger partial charge in [0.15, 0.2) is 0 Å². The van der Waals surface area contributed by atoms with Crippen LogP contribution in [0.2, 0.25) is 5.02 Å². The van der Waals surface area contributed by atoms with Crippen molar-refractivity contribution in [2.75, 3.05) is 0 Å². The maximum Gasteiger partial charge on any atom is 0.222 e. The number of rotatable bonds is 7. The Hall–Kier alpha value is -1.85. The molecule has 5 nitrogen and oxygen atoms in total. The molecule has 0 radical (unpaired) electrons. The fourth-order valence-corrected chi connectivity index (χ4v) is 2.71. The third-order valence-electron chi connectivity index (χ3n) is 3.92. The Labute approximate surface area is 147 Å². The molecule has 2 rings (SSSR count). The van der Waals surface area contributed by atoms with E-state index in [4.69, 9.17) is 11.6 Å². The largest absolute Gasteiger partial charge is 0.386 e. The lowest BCUT2D eigenvalue weighted by molar-refractivity contribution is -0.122. The van der Waals surface area contributed by atoms with Crippen LogP contribution in [0.3, 0.4) is 0 Å². The molecule has 1 aromatic heterocycles.